The summed E-state index contributed by atoms with van der Waals surface area (Å²) in [6.45, 7) is 6.53. The van der Waals surface area contributed by atoms with Gasteiger partial charge < -0.3 is 19.5 Å². The Bertz CT molecular complexity index is 402. The summed E-state index contributed by atoms with van der Waals surface area (Å²) < 4.78 is 16.3. The van der Waals surface area contributed by atoms with Gasteiger partial charge in [-0.2, -0.15) is 0 Å². The van der Waals surface area contributed by atoms with Gasteiger partial charge in [0.2, 0.25) is 0 Å². The Morgan fingerprint density at radius 2 is 2.26 bits per heavy atom. The maximum atomic E-state index is 5.51. The van der Waals surface area contributed by atoms with Crippen LogP contribution < -0.4 is 14.8 Å². The third kappa shape index (κ3) is 3.53. The van der Waals surface area contributed by atoms with Crippen LogP contribution in [0.25, 0.3) is 0 Å². The van der Waals surface area contributed by atoms with E-state index in [0.717, 1.165) is 36.8 Å². The number of rotatable bonds is 6. The molecule has 2 unspecified atom stereocenters. The van der Waals surface area contributed by atoms with Gasteiger partial charge in [0.25, 0.3) is 0 Å². The van der Waals surface area contributed by atoms with Crippen LogP contribution in [0.15, 0.2) is 18.2 Å². The van der Waals surface area contributed by atoms with E-state index in [2.05, 4.69) is 12.2 Å². The van der Waals surface area contributed by atoms with E-state index in [-0.39, 0.29) is 0 Å². The fourth-order valence-electron chi connectivity index (χ4n) is 2.36. The summed E-state index contributed by atoms with van der Waals surface area (Å²) in [7, 11) is 1.66. The summed E-state index contributed by atoms with van der Waals surface area (Å²) in [4.78, 5) is 0. The minimum atomic E-state index is 0.394. The van der Waals surface area contributed by atoms with Crippen LogP contribution in [0.1, 0.15) is 20.3 Å². The molecule has 4 heteroatoms. The van der Waals surface area contributed by atoms with Crippen molar-refractivity contribution in [3.8, 4) is 11.5 Å². The second kappa shape index (κ2) is 6.66. The number of methoxy groups -OCH3 is 1. The highest BCUT2D eigenvalue weighted by molar-refractivity contribution is 5.55. The molecule has 0 radical (unpaired) electrons. The molecular weight excluding hydrogens is 242 g/mol. The van der Waals surface area contributed by atoms with E-state index in [4.69, 9.17) is 14.2 Å². The first-order chi connectivity index (χ1) is 9.24. The van der Waals surface area contributed by atoms with Crippen LogP contribution in [0.3, 0.4) is 0 Å². The van der Waals surface area contributed by atoms with E-state index in [0.29, 0.717) is 18.6 Å². The van der Waals surface area contributed by atoms with E-state index in [1.54, 1.807) is 7.11 Å². The lowest BCUT2D eigenvalue weighted by Gasteiger charge is -2.21. The lowest BCUT2D eigenvalue weighted by molar-refractivity contribution is 0.183. The Labute approximate surface area is 115 Å². The molecule has 2 rings (SSSR count). The minimum Gasteiger partial charge on any atom is -0.493 e. The Hall–Kier alpha value is -1.42. The maximum absolute atomic E-state index is 5.51. The van der Waals surface area contributed by atoms with E-state index < -0.39 is 0 Å². The molecule has 1 aromatic rings. The van der Waals surface area contributed by atoms with Gasteiger partial charge in [-0.3, -0.25) is 0 Å². The highest BCUT2D eigenvalue weighted by Gasteiger charge is 2.22. The van der Waals surface area contributed by atoms with E-state index in [9.17, 15) is 0 Å². The zero-order valence-electron chi connectivity index (χ0n) is 11.9. The second-order valence-corrected chi connectivity index (χ2v) is 4.86. The van der Waals surface area contributed by atoms with Crippen LogP contribution in [-0.4, -0.2) is 33.0 Å². The van der Waals surface area contributed by atoms with Gasteiger partial charge in [-0.25, -0.2) is 0 Å². The van der Waals surface area contributed by atoms with Crippen molar-refractivity contribution in [3.63, 3.8) is 0 Å². The van der Waals surface area contributed by atoms with Gasteiger partial charge in [0, 0.05) is 30.3 Å². The fraction of sp³-hybridized carbons (Fsp3) is 0.600. The largest absolute Gasteiger partial charge is 0.493 e. The van der Waals surface area contributed by atoms with Crippen molar-refractivity contribution in [1.29, 1.82) is 0 Å². The lowest BCUT2D eigenvalue weighted by Crippen LogP contribution is -2.26. The molecule has 2 atom stereocenters. The van der Waals surface area contributed by atoms with Gasteiger partial charge in [-0.1, -0.05) is 0 Å². The van der Waals surface area contributed by atoms with Gasteiger partial charge in [0.05, 0.1) is 20.3 Å². The minimum absolute atomic E-state index is 0.394. The number of benzene rings is 1. The molecule has 19 heavy (non-hydrogen) atoms. The number of hydrogen-bond donors (Lipinski definition) is 1. The zero-order valence-corrected chi connectivity index (χ0v) is 11.9. The molecule has 1 heterocycles. The number of hydrogen-bond acceptors (Lipinski definition) is 4. The number of anilines is 1. The lowest BCUT2D eigenvalue weighted by atomic mass is 10.0. The van der Waals surface area contributed by atoms with Crippen molar-refractivity contribution in [3.05, 3.63) is 18.2 Å². The average Bonchev–Trinajstić information content (AvgIpc) is 2.94. The second-order valence-electron chi connectivity index (χ2n) is 4.86. The summed E-state index contributed by atoms with van der Waals surface area (Å²) in [6, 6.07) is 6.35. The highest BCUT2D eigenvalue weighted by Crippen LogP contribution is 2.31. The quantitative estimate of drug-likeness (QED) is 0.858. The van der Waals surface area contributed by atoms with Crippen LogP contribution in [-0.2, 0) is 4.74 Å². The van der Waals surface area contributed by atoms with Crippen molar-refractivity contribution < 1.29 is 14.2 Å². The van der Waals surface area contributed by atoms with Gasteiger partial charge in [0.15, 0.2) is 11.5 Å². The third-order valence-corrected chi connectivity index (χ3v) is 3.53. The molecule has 1 aliphatic heterocycles. The molecule has 0 saturated carbocycles. The fourth-order valence-corrected chi connectivity index (χ4v) is 2.36. The molecule has 1 aromatic carbocycles. The van der Waals surface area contributed by atoms with Crippen molar-refractivity contribution >= 4 is 5.69 Å². The first-order valence-corrected chi connectivity index (χ1v) is 6.89. The molecule has 1 aliphatic rings. The Kier molecular flexibility index (Phi) is 4.91. The van der Waals surface area contributed by atoms with Crippen LogP contribution in [0, 0.1) is 5.92 Å². The number of nitrogens with one attached hydrogen (secondary N) is 1. The summed E-state index contributed by atoms with van der Waals surface area (Å²) in [5, 5.41) is 3.51. The summed E-state index contributed by atoms with van der Waals surface area (Å²) in [5.74, 6) is 2.13. The van der Waals surface area contributed by atoms with Gasteiger partial charge in [0.1, 0.15) is 0 Å². The zero-order chi connectivity index (χ0) is 13.7. The topological polar surface area (TPSA) is 39.7 Å². The Morgan fingerprint density at radius 1 is 1.42 bits per heavy atom. The molecule has 4 nitrogen and oxygen atoms in total. The monoisotopic (exact) mass is 265 g/mol. The summed E-state index contributed by atoms with van der Waals surface area (Å²) in [6.07, 6.45) is 1.13. The van der Waals surface area contributed by atoms with Gasteiger partial charge in [-0.05, 0) is 32.4 Å². The standard InChI is InChI=1S/C15H23NO3/c1-4-19-14-6-5-13(9-15(14)17-3)16-11(2)12-7-8-18-10-12/h5-6,9,11-12,16H,4,7-8,10H2,1-3H3. The maximum Gasteiger partial charge on any atom is 0.162 e. The molecule has 1 saturated heterocycles. The molecule has 1 N–H and O–H groups in total. The van der Waals surface area contributed by atoms with Gasteiger partial charge >= 0.3 is 0 Å². The summed E-state index contributed by atoms with van der Waals surface area (Å²) >= 11 is 0. The Balaban J connectivity index is 2.03. The SMILES string of the molecule is CCOc1ccc(NC(C)C2CCOC2)cc1OC. The first-order valence-electron chi connectivity index (χ1n) is 6.89. The molecule has 0 spiro atoms. The number of ether oxygens (including phenoxy) is 3. The van der Waals surface area contributed by atoms with Crippen LogP contribution >= 0.6 is 0 Å². The normalized spacial score (nSPS) is 20.1. The average molecular weight is 265 g/mol. The molecule has 0 amide bonds. The van der Waals surface area contributed by atoms with Crippen molar-refractivity contribution in [2.75, 3.05) is 32.2 Å². The van der Waals surface area contributed by atoms with Crippen LogP contribution in [0.4, 0.5) is 5.69 Å². The van der Waals surface area contributed by atoms with Crippen molar-refractivity contribution in [2.45, 2.75) is 26.3 Å². The van der Waals surface area contributed by atoms with Crippen molar-refractivity contribution in [2.24, 2.45) is 5.92 Å². The van der Waals surface area contributed by atoms with E-state index in [1.165, 1.54) is 0 Å². The van der Waals surface area contributed by atoms with Crippen LogP contribution in [0.2, 0.25) is 0 Å². The van der Waals surface area contributed by atoms with Crippen LogP contribution in [0.5, 0.6) is 11.5 Å². The predicted octanol–water partition coefficient (Wildman–Crippen LogP) is 2.93. The molecule has 0 bridgehead atoms. The molecule has 0 aliphatic carbocycles. The molecular formula is C15H23NO3. The first kappa shape index (κ1) is 14.0. The van der Waals surface area contributed by atoms with Gasteiger partial charge in [-0.15, -0.1) is 0 Å². The third-order valence-electron chi connectivity index (χ3n) is 3.53. The van der Waals surface area contributed by atoms with E-state index >= 15 is 0 Å². The molecule has 0 aromatic heterocycles. The summed E-state index contributed by atoms with van der Waals surface area (Å²) in [5.41, 5.74) is 1.06. The smallest absolute Gasteiger partial charge is 0.162 e. The van der Waals surface area contributed by atoms with E-state index in [1.807, 2.05) is 25.1 Å². The highest BCUT2D eigenvalue weighted by atomic mass is 16.5. The molecule has 106 valence electrons. The Morgan fingerprint density at radius 3 is 2.89 bits per heavy atom. The van der Waals surface area contributed by atoms with Crippen molar-refractivity contribution in [1.82, 2.24) is 0 Å². The molecule has 1 fully saturated rings. The predicted molar refractivity (Wildman–Crippen MR) is 76.2 cm³/mol.